The summed E-state index contributed by atoms with van der Waals surface area (Å²) >= 11 is 0. The first-order chi connectivity index (χ1) is 31.5. The molecule has 0 aliphatic rings. The van der Waals surface area contributed by atoms with E-state index in [9.17, 15) is 19.8 Å². The van der Waals surface area contributed by atoms with E-state index in [0.717, 1.165) is 70.6 Å². The summed E-state index contributed by atoms with van der Waals surface area (Å²) in [5.74, 6) is -0.574. The zero-order valence-electron chi connectivity index (χ0n) is 42.1. The van der Waals surface area contributed by atoms with Crippen molar-refractivity contribution in [3.05, 3.63) is 72.9 Å². The van der Waals surface area contributed by atoms with Gasteiger partial charge in [0.2, 0.25) is 5.91 Å². The average molecular weight is 894 g/mol. The van der Waals surface area contributed by atoms with Gasteiger partial charge in [-0.3, -0.25) is 9.59 Å². The topological polar surface area (TPSA) is 95.9 Å². The molecule has 6 heteroatoms. The van der Waals surface area contributed by atoms with Crippen LogP contribution in [0.2, 0.25) is 0 Å². The van der Waals surface area contributed by atoms with Crippen molar-refractivity contribution in [2.45, 2.75) is 277 Å². The van der Waals surface area contributed by atoms with E-state index in [4.69, 9.17) is 4.74 Å². The first-order valence-corrected chi connectivity index (χ1v) is 27.2. The predicted octanol–water partition coefficient (Wildman–Crippen LogP) is 16.6. The number of allylic oxidation sites excluding steroid dienone is 12. The minimum absolute atomic E-state index is 0.0433. The molecule has 0 fully saturated rings. The molecule has 0 radical (unpaired) electrons. The van der Waals surface area contributed by atoms with Crippen molar-refractivity contribution in [2.75, 3.05) is 6.61 Å². The van der Waals surface area contributed by atoms with Gasteiger partial charge in [0.05, 0.1) is 25.2 Å². The van der Waals surface area contributed by atoms with E-state index < -0.39 is 18.2 Å². The fourth-order valence-electron chi connectivity index (χ4n) is 7.95. The van der Waals surface area contributed by atoms with Crippen molar-refractivity contribution in [3.63, 3.8) is 0 Å². The van der Waals surface area contributed by atoms with Gasteiger partial charge in [-0.1, -0.05) is 235 Å². The van der Waals surface area contributed by atoms with Crippen molar-refractivity contribution in [3.8, 4) is 0 Å². The van der Waals surface area contributed by atoms with E-state index in [1.165, 1.54) is 135 Å². The molecule has 6 nitrogen and oxygen atoms in total. The van der Waals surface area contributed by atoms with Gasteiger partial charge in [-0.2, -0.15) is 0 Å². The third kappa shape index (κ3) is 45.9. The van der Waals surface area contributed by atoms with Crippen LogP contribution in [0.15, 0.2) is 72.9 Å². The molecule has 0 aromatic rings. The Morgan fingerprint density at radius 1 is 0.469 bits per heavy atom. The number of nitrogens with one attached hydrogen (secondary N) is 1. The molecule has 0 aromatic carbocycles. The van der Waals surface area contributed by atoms with Gasteiger partial charge in [0.25, 0.3) is 0 Å². The molecule has 0 aliphatic heterocycles. The van der Waals surface area contributed by atoms with Crippen LogP contribution in [0.3, 0.4) is 0 Å². The summed E-state index contributed by atoms with van der Waals surface area (Å²) in [6.45, 7) is 6.35. The number of aliphatic hydroxyl groups excluding tert-OH is 2. The molecule has 3 N–H and O–H groups in total. The summed E-state index contributed by atoms with van der Waals surface area (Å²) < 4.78 is 5.90. The highest BCUT2D eigenvalue weighted by Crippen LogP contribution is 2.17. The summed E-state index contributed by atoms with van der Waals surface area (Å²) in [6.07, 6.45) is 65.4. The number of hydrogen-bond acceptors (Lipinski definition) is 5. The Morgan fingerprint density at radius 3 is 1.28 bits per heavy atom. The molecule has 370 valence electrons. The Kier molecular flexibility index (Phi) is 49.1. The van der Waals surface area contributed by atoms with Crippen LogP contribution in [0.25, 0.3) is 0 Å². The maximum Gasteiger partial charge on any atom is 0.306 e. The van der Waals surface area contributed by atoms with Crippen LogP contribution < -0.4 is 5.32 Å². The summed E-state index contributed by atoms with van der Waals surface area (Å²) in [4.78, 5) is 26.2. The van der Waals surface area contributed by atoms with Crippen molar-refractivity contribution in [1.29, 1.82) is 0 Å². The lowest BCUT2D eigenvalue weighted by atomic mass is 10.0. The second-order valence-corrected chi connectivity index (χ2v) is 18.2. The minimum Gasteiger partial charge on any atom is -0.462 e. The van der Waals surface area contributed by atoms with E-state index in [2.05, 4.69) is 92.9 Å². The van der Waals surface area contributed by atoms with Crippen molar-refractivity contribution < 1.29 is 24.5 Å². The quantitative estimate of drug-likeness (QED) is 0.0321. The van der Waals surface area contributed by atoms with Crippen LogP contribution in [-0.2, 0) is 14.3 Å². The molecule has 3 atom stereocenters. The lowest BCUT2D eigenvalue weighted by Crippen LogP contribution is -2.46. The summed E-state index contributed by atoms with van der Waals surface area (Å²) in [5, 5.41) is 23.8. The van der Waals surface area contributed by atoms with Gasteiger partial charge in [0.1, 0.15) is 6.10 Å². The van der Waals surface area contributed by atoms with Crippen molar-refractivity contribution in [2.24, 2.45) is 0 Å². The minimum atomic E-state index is -0.803. The van der Waals surface area contributed by atoms with Crippen LogP contribution in [0.5, 0.6) is 0 Å². The van der Waals surface area contributed by atoms with E-state index >= 15 is 0 Å². The Labute approximate surface area is 396 Å². The Balaban J connectivity index is 4.70. The highest BCUT2D eigenvalue weighted by atomic mass is 16.5. The number of hydrogen-bond donors (Lipinski definition) is 3. The second kappa shape index (κ2) is 51.3. The molecular formula is C58H103NO5. The number of unbranched alkanes of at least 4 members (excludes halogenated alkanes) is 24. The maximum absolute atomic E-state index is 13.2. The number of carbonyl (C=O) groups excluding carboxylic acids is 2. The Morgan fingerprint density at radius 2 is 0.844 bits per heavy atom. The molecule has 64 heavy (non-hydrogen) atoms. The Bertz CT molecular complexity index is 1190. The molecule has 3 unspecified atom stereocenters. The fraction of sp³-hybridized carbons (Fsp3) is 0.759. The Hall–Kier alpha value is -2.70. The summed E-state index contributed by atoms with van der Waals surface area (Å²) in [5.41, 5.74) is 0. The average Bonchev–Trinajstić information content (AvgIpc) is 3.29. The largest absolute Gasteiger partial charge is 0.462 e. The van der Waals surface area contributed by atoms with Crippen LogP contribution >= 0.6 is 0 Å². The normalized spacial score (nSPS) is 13.8. The lowest BCUT2D eigenvalue weighted by molar-refractivity contribution is -0.150. The van der Waals surface area contributed by atoms with Gasteiger partial charge in [0.15, 0.2) is 0 Å². The second-order valence-electron chi connectivity index (χ2n) is 18.2. The summed E-state index contributed by atoms with van der Waals surface area (Å²) in [7, 11) is 0. The van der Waals surface area contributed by atoms with Crippen LogP contribution in [-0.4, -0.2) is 46.9 Å². The number of carbonyl (C=O) groups is 2. The number of rotatable bonds is 48. The zero-order valence-corrected chi connectivity index (χ0v) is 42.1. The molecule has 0 saturated carbocycles. The SMILES string of the molecule is CC/C=C/C/C=C/C/C=C/C/C=C/C/C=C/CCC(=O)OC(CCCCCCCCC/C=C/CCCCCCCC)CC(=O)NC(CO)C(O)CCCCCCCCCCCCCC. The van der Waals surface area contributed by atoms with Gasteiger partial charge in [0, 0.05) is 6.42 Å². The van der Waals surface area contributed by atoms with Crippen LogP contribution in [0.1, 0.15) is 258 Å². The van der Waals surface area contributed by atoms with Crippen LogP contribution in [0.4, 0.5) is 0 Å². The molecule has 1 amide bonds. The first kappa shape index (κ1) is 61.3. The molecule has 0 saturated heterocycles. The number of ether oxygens (including phenoxy) is 1. The van der Waals surface area contributed by atoms with E-state index in [1.807, 2.05) is 6.08 Å². The zero-order chi connectivity index (χ0) is 46.7. The van der Waals surface area contributed by atoms with Gasteiger partial charge in [-0.15, -0.1) is 0 Å². The highest BCUT2D eigenvalue weighted by Gasteiger charge is 2.24. The van der Waals surface area contributed by atoms with Crippen molar-refractivity contribution >= 4 is 11.9 Å². The number of amides is 1. The lowest BCUT2D eigenvalue weighted by Gasteiger charge is -2.24. The molecular weight excluding hydrogens is 791 g/mol. The molecule has 0 spiro atoms. The number of esters is 1. The van der Waals surface area contributed by atoms with E-state index in [-0.39, 0.29) is 31.3 Å². The van der Waals surface area contributed by atoms with Crippen molar-refractivity contribution in [1.82, 2.24) is 5.32 Å². The molecule has 0 aliphatic carbocycles. The van der Waals surface area contributed by atoms with Gasteiger partial charge < -0.3 is 20.3 Å². The molecule has 0 bridgehead atoms. The number of aliphatic hydroxyl groups is 2. The third-order valence-corrected chi connectivity index (χ3v) is 12.0. The predicted molar refractivity (Wildman–Crippen MR) is 278 cm³/mol. The van der Waals surface area contributed by atoms with Crippen LogP contribution in [0, 0.1) is 0 Å². The fourth-order valence-corrected chi connectivity index (χ4v) is 7.95. The first-order valence-electron chi connectivity index (χ1n) is 27.2. The van der Waals surface area contributed by atoms with Gasteiger partial charge in [-0.25, -0.2) is 0 Å². The van der Waals surface area contributed by atoms with E-state index in [0.29, 0.717) is 19.3 Å². The molecule has 0 rings (SSSR count). The third-order valence-electron chi connectivity index (χ3n) is 12.0. The smallest absolute Gasteiger partial charge is 0.306 e. The molecule has 0 aromatic heterocycles. The molecule has 0 heterocycles. The highest BCUT2D eigenvalue weighted by molar-refractivity contribution is 5.77. The van der Waals surface area contributed by atoms with E-state index in [1.54, 1.807) is 0 Å². The standard InChI is InChI=1S/C58H103NO5/c1-4-7-10-13-16-19-22-25-27-29-30-32-34-37-40-43-46-49-54(64-58(63)51-48-45-42-39-36-33-31-28-26-23-20-17-14-11-8-5-2)52-57(62)59-55(53-60)56(61)50-47-44-41-38-35-24-21-18-15-12-9-6-3/h8,11,17,20,25-28,33,36,42,45,54-56,60-61H,4-7,9-10,12-16,18-19,21-24,29-32,34-35,37-41,43-44,46-53H2,1-3H3,(H,59,62)/b11-8+,20-17+,27-25+,28-26+,36-33+,45-42+. The van der Waals surface area contributed by atoms with Gasteiger partial charge in [-0.05, 0) is 83.5 Å². The monoisotopic (exact) mass is 894 g/mol. The van der Waals surface area contributed by atoms with Gasteiger partial charge >= 0.3 is 5.97 Å². The maximum atomic E-state index is 13.2. The summed E-state index contributed by atoms with van der Waals surface area (Å²) in [6, 6.07) is -0.720.